The molecule has 22 nitrogen and oxygen atoms in total. The Kier molecular flexibility index (Phi) is 21.2. The van der Waals surface area contributed by atoms with Gasteiger partial charge in [-0.1, -0.05) is 30.3 Å². The van der Waals surface area contributed by atoms with Crippen LogP contribution in [-0.4, -0.2) is 159 Å². The zero-order chi connectivity index (χ0) is 80.4. The number of benzene rings is 9. The number of aliphatic carboxylic acids is 1. The van der Waals surface area contributed by atoms with Gasteiger partial charge in [-0.15, -0.1) is 0 Å². The summed E-state index contributed by atoms with van der Waals surface area (Å²) in [5, 5.41) is 52.2. The van der Waals surface area contributed by atoms with Crippen molar-refractivity contribution in [2.75, 3.05) is 39.6 Å². The Bertz CT molecular complexity index is 6060. The summed E-state index contributed by atoms with van der Waals surface area (Å²) in [6, 6.07) is 50.8. The number of nitrogens with zero attached hydrogens (tertiary/aromatic N) is 6. The molecule has 0 aliphatic carbocycles. The molecule has 0 spiro atoms. The molecule has 10 heterocycles. The standard InChI is InChI=1S/C34H31FN2O9.C29H25FN2O3.C27H23FN2O4S/c35-22-5-7-23(8-6-22)37-25-14-21-16-36-15-20(21)13-24(25)26(27(37)18-9-11-44-12-10-18)17-1-3-19(4-2-17)33(43)46-34-30(40)28(38)29(39)31(45-34)32(41)42;1-17-12-19(29(33)34)2-7-24(17)27-25-13-20-15-31-16-21(20)14-26(25)32(23-5-3-22(30)4-6-23)28(27)18-8-10-35-11-9-18;28-21-3-5-22(6-4-21)30-25-14-20-16-29-15-19(20)13-24(25)26(27(30)18-9-11-34-12-10-18)17-1-7-23(8-2-17)35(31,32)33/h1-8,13-14,16,18,28-31,34,38-40H,9-12,15H2,(H,41,42);2-7,12-14,16,18H,8-11,15H2,1H3,(H,33,34);1-8,13-14,16,18H,9-12,15H2,(H,31,32,33)/t28-,29-,30+,31-,34?;;/m0../s1. The van der Waals surface area contributed by atoms with E-state index < -0.39 is 58.7 Å². The second-order valence-corrected chi connectivity index (χ2v) is 31.5. The van der Waals surface area contributed by atoms with E-state index in [-0.39, 0.29) is 51.2 Å². The molecule has 116 heavy (non-hydrogen) atoms. The molecule has 0 radical (unpaired) electrons. The summed E-state index contributed by atoms with van der Waals surface area (Å²) >= 11 is 0. The largest absolute Gasteiger partial charge is 0.479 e. The first-order chi connectivity index (χ1) is 56.1. The number of aryl methyl sites for hydroxylation is 1. The third-order valence-electron chi connectivity index (χ3n) is 23.0. The fourth-order valence-corrected chi connectivity index (χ4v) is 17.8. The topological polar surface area (TPSA) is 305 Å². The number of fused-ring (bicyclic) bond motifs is 6. The number of rotatable bonds is 14. The number of aliphatic hydroxyl groups is 3. The number of carboxylic acids is 2. The number of carbonyl (C=O) groups is 3. The van der Waals surface area contributed by atoms with Crippen LogP contribution in [0.5, 0.6) is 0 Å². The number of carboxylic acid groups (broad SMARTS) is 2. The minimum Gasteiger partial charge on any atom is -0.479 e. The Hall–Kier alpha value is -11.6. The Morgan fingerprint density at radius 2 is 0.828 bits per heavy atom. The van der Waals surface area contributed by atoms with Gasteiger partial charge in [0.1, 0.15) is 35.8 Å². The molecule has 0 amide bonds. The van der Waals surface area contributed by atoms with Crippen molar-refractivity contribution in [1.29, 1.82) is 0 Å². The van der Waals surface area contributed by atoms with E-state index in [1.165, 1.54) is 59.8 Å². The summed E-state index contributed by atoms with van der Waals surface area (Å²) in [5.41, 5.74) is 22.5. The van der Waals surface area contributed by atoms with Gasteiger partial charge >= 0.3 is 17.9 Å². The lowest BCUT2D eigenvalue weighted by Crippen LogP contribution is -2.60. The lowest BCUT2D eigenvalue weighted by atomic mass is 9.88. The smallest absolute Gasteiger partial charge is 0.340 e. The lowest BCUT2D eigenvalue weighted by Gasteiger charge is -2.37. The third-order valence-corrected chi connectivity index (χ3v) is 23.8. The Labute approximate surface area is 663 Å². The average molecular weight is 1590 g/mol. The molecule has 3 aromatic heterocycles. The number of hydrogen-bond donors (Lipinski definition) is 6. The first kappa shape index (κ1) is 77.0. The molecular formula is C90H79F3N6O16S. The molecular weight excluding hydrogens is 1510 g/mol. The van der Waals surface area contributed by atoms with E-state index in [1.807, 2.05) is 43.8 Å². The summed E-state index contributed by atoms with van der Waals surface area (Å²) < 4.78 is 109. The molecule has 592 valence electrons. The van der Waals surface area contributed by atoms with E-state index in [2.05, 4.69) is 65.1 Å². The van der Waals surface area contributed by atoms with Crippen molar-refractivity contribution < 1.29 is 89.7 Å². The van der Waals surface area contributed by atoms with E-state index in [0.29, 0.717) is 59.3 Å². The highest BCUT2D eigenvalue weighted by Crippen LogP contribution is 2.50. The Morgan fingerprint density at radius 1 is 0.457 bits per heavy atom. The summed E-state index contributed by atoms with van der Waals surface area (Å²) in [4.78, 5) is 49.3. The van der Waals surface area contributed by atoms with Gasteiger partial charge in [-0.2, -0.15) is 8.42 Å². The molecule has 6 N–H and O–H groups in total. The molecule has 26 heteroatoms. The van der Waals surface area contributed by atoms with E-state index in [0.717, 1.165) is 166 Å². The van der Waals surface area contributed by atoms with Crippen LogP contribution in [0.3, 0.4) is 0 Å². The number of aromatic carboxylic acids is 1. The molecule has 1 unspecified atom stereocenters. The maximum atomic E-state index is 14.0. The van der Waals surface area contributed by atoms with Gasteiger partial charge in [0, 0.05) is 143 Å². The van der Waals surface area contributed by atoms with E-state index in [1.54, 1.807) is 72.8 Å². The monoisotopic (exact) mass is 1590 g/mol. The van der Waals surface area contributed by atoms with E-state index in [4.69, 9.17) is 23.7 Å². The molecule has 0 saturated carbocycles. The second-order valence-electron chi connectivity index (χ2n) is 30.0. The van der Waals surface area contributed by atoms with Crippen LogP contribution in [0.4, 0.5) is 13.2 Å². The van der Waals surface area contributed by atoms with E-state index in [9.17, 15) is 66.1 Å². The lowest BCUT2D eigenvalue weighted by molar-refractivity contribution is -0.278. The van der Waals surface area contributed by atoms with Gasteiger partial charge in [-0.25, -0.2) is 27.6 Å². The molecule has 9 aromatic carbocycles. The van der Waals surface area contributed by atoms with Crippen LogP contribution in [0.15, 0.2) is 196 Å². The van der Waals surface area contributed by atoms with Crippen molar-refractivity contribution in [1.82, 2.24) is 13.7 Å². The fourth-order valence-electron chi connectivity index (χ4n) is 17.3. The average Bonchev–Trinajstić information content (AvgIpc) is 1.58. The molecule has 7 aliphatic rings. The quantitative estimate of drug-likeness (QED) is 0.0435. The van der Waals surface area contributed by atoms with Crippen molar-refractivity contribution in [3.8, 4) is 50.4 Å². The maximum absolute atomic E-state index is 14.0. The van der Waals surface area contributed by atoms with Gasteiger partial charge in [0.25, 0.3) is 10.1 Å². The highest BCUT2D eigenvalue weighted by Gasteiger charge is 2.49. The van der Waals surface area contributed by atoms with Gasteiger partial charge in [0.2, 0.25) is 6.29 Å². The number of aromatic nitrogens is 3. The number of ether oxygens (including phenoxy) is 5. The Morgan fingerprint density at radius 3 is 1.20 bits per heavy atom. The summed E-state index contributed by atoms with van der Waals surface area (Å²) in [5.74, 6) is -3.77. The number of aliphatic imine (C=N–C) groups is 3. The number of halogens is 3. The first-order valence-electron chi connectivity index (χ1n) is 38.4. The molecule has 19 rings (SSSR count). The van der Waals surface area contributed by atoms with Crippen LogP contribution in [0.2, 0.25) is 0 Å². The van der Waals surface area contributed by atoms with Crippen molar-refractivity contribution in [3.05, 3.63) is 261 Å². The number of hydrogen-bond acceptors (Lipinski definition) is 16. The second kappa shape index (κ2) is 31.9. The van der Waals surface area contributed by atoms with Gasteiger partial charge in [-0.3, -0.25) is 19.5 Å². The van der Waals surface area contributed by atoms with Gasteiger partial charge in [-0.05, 0) is 247 Å². The van der Waals surface area contributed by atoms with E-state index >= 15 is 0 Å². The zero-order valence-corrected chi connectivity index (χ0v) is 63.5. The predicted molar refractivity (Wildman–Crippen MR) is 430 cm³/mol. The minimum absolute atomic E-state index is 0.0937. The van der Waals surface area contributed by atoms with Gasteiger partial charge < -0.3 is 62.9 Å². The van der Waals surface area contributed by atoms with Crippen LogP contribution >= 0.6 is 0 Å². The molecule has 0 bridgehead atoms. The third kappa shape index (κ3) is 14.7. The van der Waals surface area contributed by atoms with Crippen molar-refractivity contribution >= 4 is 79.4 Å². The van der Waals surface area contributed by atoms with Crippen LogP contribution < -0.4 is 0 Å². The number of carbonyl (C=O) groups excluding carboxylic acids is 1. The molecule has 4 saturated heterocycles. The highest BCUT2D eigenvalue weighted by molar-refractivity contribution is 7.85. The van der Waals surface area contributed by atoms with Crippen molar-refractivity contribution in [2.24, 2.45) is 15.0 Å². The molecule has 7 aliphatic heterocycles. The van der Waals surface area contributed by atoms with Crippen molar-refractivity contribution in [3.63, 3.8) is 0 Å². The highest BCUT2D eigenvalue weighted by atomic mass is 32.2. The maximum Gasteiger partial charge on any atom is 0.340 e. The minimum atomic E-state index is -4.30. The summed E-state index contributed by atoms with van der Waals surface area (Å²) in [7, 11) is -4.30. The predicted octanol–water partition coefficient (Wildman–Crippen LogP) is 15.1. The zero-order valence-electron chi connectivity index (χ0n) is 62.7. The van der Waals surface area contributed by atoms with Gasteiger partial charge in [0.15, 0.2) is 6.10 Å². The normalized spacial score (nSPS) is 19.4. The van der Waals surface area contributed by atoms with Crippen LogP contribution in [0.25, 0.3) is 83.2 Å². The van der Waals surface area contributed by atoms with Crippen LogP contribution in [-0.2, 0) is 58.2 Å². The summed E-state index contributed by atoms with van der Waals surface area (Å²) in [6.07, 6.45) is 1.31. The molecule has 4 fully saturated rings. The Balaban J connectivity index is 0.000000127. The fraction of sp³-hybridized carbons (Fsp3) is 0.267. The van der Waals surface area contributed by atoms with Crippen molar-refractivity contribution in [2.45, 2.75) is 118 Å². The van der Waals surface area contributed by atoms with Crippen LogP contribution in [0.1, 0.15) is 133 Å². The van der Waals surface area contributed by atoms with Gasteiger partial charge in [0.05, 0.1) is 52.2 Å². The SMILES string of the molecule is Cc1cc(C(=O)O)ccc1-c1c(C2CCOCC2)n(-c2ccc(F)cc2)c2cc3c(cc12)CN=C3.O=C(OC1O[C@H](C(=O)O)[C@@H](O)[C@H](O)[C@H]1O)c1ccc(-c2c(C3CCOCC3)n(-c3ccc(F)cc3)c3cc4c(cc23)CN=C4)cc1.O=S(=O)(O)c1ccc(-c2c(C3CCOCC3)n(-c3ccc(F)cc3)c3cc4c(cc23)CN=C4)cc1. The first-order valence-corrected chi connectivity index (χ1v) is 39.9. The summed E-state index contributed by atoms with van der Waals surface area (Å²) in [6.45, 7) is 7.68. The number of aliphatic hydroxyl groups excluding tert-OH is 3. The molecule has 12 aromatic rings. The number of esters is 1. The molecule has 5 atom stereocenters. The van der Waals surface area contributed by atoms with Crippen LogP contribution in [0, 0.1) is 24.4 Å².